The Morgan fingerprint density at radius 2 is 2.25 bits per heavy atom. The SMILES string of the molecule is CC12CC3CC4CC(C(=O)NCc5cccs5)(C1)CC432. The minimum Gasteiger partial charge on any atom is -0.351 e. The average Bonchev–Trinajstić information content (AvgIpc) is 3.04. The van der Waals surface area contributed by atoms with Crippen molar-refractivity contribution in [2.24, 2.45) is 28.1 Å². The molecule has 1 heterocycles. The van der Waals surface area contributed by atoms with Gasteiger partial charge in [0.1, 0.15) is 0 Å². The lowest BCUT2D eigenvalue weighted by Crippen LogP contribution is -2.65. The molecule has 3 heteroatoms. The third kappa shape index (κ3) is 1.09. The molecule has 4 fully saturated rings. The smallest absolute Gasteiger partial charge is 0.226 e. The van der Waals surface area contributed by atoms with Crippen LogP contribution < -0.4 is 5.32 Å². The molecule has 4 aliphatic rings. The molecule has 1 spiro atoms. The van der Waals surface area contributed by atoms with Crippen LogP contribution in [-0.4, -0.2) is 5.91 Å². The molecule has 5 rings (SSSR count). The Bertz CT molecular complexity index is 596. The van der Waals surface area contributed by atoms with E-state index in [0.717, 1.165) is 24.8 Å². The number of carbonyl (C=O) groups excluding carboxylic acids is 1. The molecule has 2 nitrogen and oxygen atoms in total. The second kappa shape index (κ2) is 3.32. The van der Waals surface area contributed by atoms with E-state index in [1.54, 1.807) is 11.3 Å². The van der Waals surface area contributed by atoms with Crippen LogP contribution in [0.25, 0.3) is 0 Å². The Labute approximate surface area is 124 Å². The van der Waals surface area contributed by atoms with Crippen molar-refractivity contribution in [1.82, 2.24) is 5.32 Å². The molecule has 0 aliphatic heterocycles. The number of carbonyl (C=O) groups is 1. The standard InChI is InChI=1S/C17H21NOS/c1-15-6-11-5-12-7-16(9-15,10-17(11,12)15)14(19)18-8-13-3-2-4-20-13/h2-4,11-12H,5-10H2,1H3,(H,18,19). The fourth-order valence-corrected chi connectivity index (χ4v) is 7.45. The van der Waals surface area contributed by atoms with Gasteiger partial charge < -0.3 is 5.32 Å². The van der Waals surface area contributed by atoms with E-state index in [2.05, 4.69) is 29.8 Å². The molecule has 1 N–H and O–H groups in total. The van der Waals surface area contributed by atoms with Gasteiger partial charge in [-0.1, -0.05) is 13.0 Å². The van der Waals surface area contributed by atoms with E-state index in [1.807, 2.05) is 0 Å². The molecule has 5 unspecified atom stereocenters. The van der Waals surface area contributed by atoms with Gasteiger partial charge in [-0.2, -0.15) is 0 Å². The number of fused-ring (bicyclic) bond motifs is 1. The molecular formula is C17H21NOS. The predicted octanol–water partition coefficient (Wildman–Crippen LogP) is 3.58. The molecule has 1 amide bonds. The molecule has 1 aromatic heterocycles. The third-order valence-corrected chi connectivity index (χ3v) is 8.20. The van der Waals surface area contributed by atoms with Gasteiger partial charge in [0, 0.05) is 4.88 Å². The Morgan fingerprint density at radius 3 is 2.90 bits per heavy atom. The molecule has 20 heavy (non-hydrogen) atoms. The molecular weight excluding hydrogens is 266 g/mol. The maximum absolute atomic E-state index is 12.8. The summed E-state index contributed by atoms with van der Waals surface area (Å²) in [6, 6.07) is 4.16. The zero-order valence-corrected chi connectivity index (χ0v) is 12.8. The second-order valence-electron chi connectivity index (χ2n) is 8.03. The van der Waals surface area contributed by atoms with E-state index in [4.69, 9.17) is 0 Å². The molecule has 5 atom stereocenters. The van der Waals surface area contributed by atoms with Crippen LogP contribution in [0.3, 0.4) is 0 Å². The predicted molar refractivity (Wildman–Crippen MR) is 79.2 cm³/mol. The summed E-state index contributed by atoms with van der Waals surface area (Å²) in [5.74, 6) is 2.18. The van der Waals surface area contributed by atoms with Crippen LogP contribution in [-0.2, 0) is 11.3 Å². The highest BCUT2D eigenvalue weighted by molar-refractivity contribution is 7.09. The zero-order valence-electron chi connectivity index (χ0n) is 11.9. The van der Waals surface area contributed by atoms with E-state index in [-0.39, 0.29) is 5.41 Å². The van der Waals surface area contributed by atoms with Crippen LogP contribution in [0.2, 0.25) is 0 Å². The summed E-state index contributed by atoms with van der Waals surface area (Å²) in [6.07, 6.45) is 6.33. The fraction of sp³-hybridized carbons (Fsp3) is 0.706. The number of thiophene rings is 1. The lowest BCUT2D eigenvalue weighted by molar-refractivity contribution is -0.236. The van der Waals surface area contributed by atoms with E-state index in [9.17, 15) is 4.79 Å². The Morgan fingerprint density at radius 1 is 1.40 bits per heavy atom. The fourth-order valence-electron chi connectivity index (χ4n) is 6.80. The second-order valence-corrected chi connectivity index (χ2v) is 9.07. The molecule has 0 aromatic carbocycles. The molecule has 106 valence electrons. The van der Waals surface area contributed by atoms with Gasteiger partial charge in [-0.05, 0) is 66.2 Å². The van der Waals surface area contributed by atoms with Gasteiger partial charge in [-0.3, -0.25) is 4.79 Å². The van der Waals surface area contributed by atoms with E-state index < -0.39 is 0 Å². The van der Waals surface area contributed by atoms with Gasteiger partial charge in [0.25, 0.3) is 0 Å². The van der Waals surface area contributed by atoms with Crippen molar-refractivity contribution in [1.29, 1.82) is 0 Å². The van der Waals surface area contributed by atoms with Crippen LogP contribution in [0.1, 0.15) is 43.9 Å². The van der Waals surface area contributed by atoms with Gasteiger partial charge in [0.2, 0.25) is 5.91 Å². The van der Waals surface area contributed by atoms with Crippen LogP contribution in [0.5, 0.6) is 0 Å². The number of hydrogen-bond acceptors (Lipinski definition) is 2. The first-order valence-corrected chi connectivity index (χ1v) is 8.77. The van der Waals surface area contributed by atoms with Gasteiger partial charge in [-0.25, -0.2) is 0 Å². The Balaban J connectivity index is 1.38. The maximum atomic E-state index is 12.8. The molecule has 1 aromatic rings. The van der Waals surface area contributed by atoms with E-state index in [0.29, 0.717) is 16.7 Å². The minimum absolute atomic E-state index is 0.0120. The summed E-state index contributed by atoms with van der Waals surface area (Å²) in [5, 5.41) is 5.32. The third-order valence-electron chi connectivity index (χ3n) is 7.33. The van der Waals surface area contributed by atoms with Crippen LogP contribution in [0, 0.1) is 28.1 Å². The topological polar surface area (TPSA) is 29.1 Å². The molecule has 0 saturated heterocycles. The quantitative estimate of drug-likeness (QED) is 0.904. The Kier molecular flexibility index (Phi) is 1.96. The van der Waals surface area contributed by atoms with E-state index >= 15 is 0 Å². The van der Waals surface area contributed by atoms with Crippen molar-refractivity contribution in [2.45, 2.75) is 45.6 Å². The summed E-state index contributed by atoms with van der Waals surface area (Å²) in [7, 11) is 0. The molecule has 2 bridgehead atoms. The monoisotopic (exact) mass is 287 g/mol. The number of amides is 1. The summed E-state index contributed by atoms with van der Waals surface area (Å²) in [6.45, 7) is 3.18. The number of nitrogens with one attached hydrogen (secondary N) is 1. The van der Waals surface area contributed by atoms with Crippen molar-refractivity contribution >= 4 is 17.2 Å². The zero-order chi connectivity index (χ0) is 13.6. The van der Waals surface area contributed by atoms with Crippen LogP contribution in [0.15, 0.2) is 17.5 Å². The highest BCUT2D eigenvalue weighted by Gasteiger charge is 2.83. The lowest BCUT2D eigenvalue weighted by Gasteiger charge is -2.72. The summed E-state index contributed by atoms with van der Waals surface area (Å²) >= 11 is 1.73. The van der Waals surface area contributed by atoms with Gasteiger partial charge in [0.15, 0.2) is 0 Å². The number of rotatable bonds is 3. The van der Waals surface area contributed by atoms with Gasteiger partial charge >= 0.3 is 0 Å². The maximum Gasteiger partial charge on any atom is 0.226 e. The largest absolute Gasteiger partial charge is 0.351 e. The molecule has 4 aliphatic carbocycles. The first-order valence-electron chi connectivity index (χ1n) is 7.89. The highest BCUT2D eigenvalue weighted by atomic mass is 32.1. The van der Waals surface area contributed by atoms with Crippen LogP contribution >= 0.6 is 11.3 Å². The minimum atomic E-state index is -0.0120. The van der Waals surface area contributed by atoms with Crippen molar-refractivity contribution in [3.05, 3.63) is 22.4 Å². The lowest BCUT2D eigenvalue weighted by atomic mass is 9.32. The van der Waals surface area contributed by atoms with Gasteiger partial charge in [-0.15, -0.1) is 11.3 Å². The summed E-state index contributed by atoms with van der Waals surface area (Å²) < 4.78 is 0. The first kappa shape index (κ1) is 11.8. The van der Waals surface area contributed by atoms with Crippen molar-refractivity contribution in [3.8, 4) is 0 Å². The normalized spacial score (nSPS) is 50.2. The van der Waals surface area contributed by atoms with E-state index in [1.165, 1.54) is 30.6 Å². The van der Waals surface area contributed by atoms with Crippen molar-refractivity contribution < 1.29 is 4.79 Å². The average molecular weight is 287 g/mol. The molecule has 0 radical (unpaired) electrons. The Hall–Kier alpha value is -0.830. The highest BCUT2D eigenvalue weighted by Crippen LogP contribution is 2.89. The van der Waals surface area contributed by atoms with Crippen molar-refractivity contribution in [2.75, 3.05) is 0 Å². The first-order chi connectivity index (χ1) is 9.58. The van der Waals surface area contributed by atoms with Crippen LogP contribution in [0.4, 0.5) is 0 Å². The summed E-state index contributed by atoms with van der Waals surface area (Å²) in [5.41, 5.74) is 1.08. The number of hydrogen-bond donors (Lipinski definition) is 1. The van der Waals surface area contributed by atoms with Gasteiger partial charge in [0.05, 0.1) is 12.0 Å². The molecule has 4 saturated carbocycles. The van der Waals surface area contributed by atoms with Crippen molar-refractivity contribution in [3.63, 3.8) is 0 Å². The summed E-state index contributed by atoms with van der Waals surface area (Å²) in [4.78, 5) is 14.1.